The van der Waals surface area contributed by atoms with Crippen LogP contribution in [0, 0.1) is 0 Å². The van der Waals surface area contributed by atoms with Gasteiger partial charge in [-0.15, -0.1) is 0 Å². The zero-order valence-corrected chi connectivity index (χ0v) is 8.92. The number of anilines is 2. The third-order valence-corrected chi connectivity index (χ3v) is 3.81. The minimum atomic E-state index is -3.47. The Bertz CT molecular complexity index is 434. The summed E-state index contributed by atoms with van der Waals surface area (Å²) in [4.78, 5) is 0. The second-order valence-electron chi connectivity index (χ2n) is 3.41. The average Bonchev–Trinajstić information content (AvgIpc) is 2.77. The number of H-pyrrole nitrogens is 1. The zero-order valence-electron chi connectivity index (χ0n) is 8.10. The van der Waals surface area contributed by atoms with Crippen molar-refractivity contribution in [3.8, 4) is 0 Å². The van der Waals surface area contributed by atoms with Gasteiger partial charge < -0.3 is 5.73 Å². The highest BCUT2D eigenvalue weighted by molar-refractivity contribution is 7.90. The molecule has 0 aliphatic carbocycles. The van der Waals surface area contributed by atoms with Gasteiger partial charge in [-0.3, -0.25) is 9.82 Å². The third kappa shape index (κ3) is 2.05. The molecule has 0 atom stereocenters. The Morgan fingerprint density at radius 3 is 2.67 bits per heavy atom. The molecule has 1 aromatic heterocycles. The van der Waals surface area contributed by atoms with Crippen molar-refractivity contribution in [2.24, 2.45) is 0 Å². The van der Waals surface area contributed by atoms with Crippen LogP contribution in [0.3, 0.4) is 0 Å². The van der Waals surface area contributed by atoms with Crippen LogP contribution in [0.25, 0.3) is 0 Å². The molecule has 2 heterocycles. The monoisotopic (exact) mass is 231 g/mol. The Hall–Kier alpha value is -1.28. The Morgan fingerprint density at radius 2 is 2.13 bits per heavy atom. The number of rotatable bonds is 3. The molecular weight excluding hydrogens is 218 g/mol. The van der Waals surface area contributed by atoms with Crippen molar-refractivity contribution in [1.82, 2.24) is 14.5 Å². The number of nitrogen functional groups attached to an aromatic ring is 1. The first-order valence-corrected chi connectivity index (χ1v) is 6.10. The van der Waals surface area contributed by atoms with Gasteiger partial charge in [-0.25, -0.2) is 0 Å². The Morgan fingerprint density at radius 1 is 1.47 bits per heavy atom. The van der Waals surface area contributed by atoms with Crippen LogP contribution in [0.5, 0.6) is 0 Å². The smallest absolute Gasteiger partial charge is 0.302 e. The second-order valence-corrected chi connectivity index (χ2v) is 5.08. The van der Waals surface area contributed by atoms with Gasteiger partial charge in [-0.1, -0.05) is 0 Å². The molecule has 0 aromatic carbocycles. The molecule has 84 valence electrons. The lowest BCUT2D eigenvalue weighted by Crippen LogP contribution is -2.33. The first kappa shape index (κ1) is 10.2. The van der Waals surface area contributed by atoms with Crippen molar-refractivity contribution in [3.05, 3.63) is 6.20 Å². The number of nitrogens with two attached hydrogens (primary N) is 1. The maximum absolute atomic E-state index is 11.8. The molecule has 15 heavy (non-hydrogen) atoms. The molecule has 0 radical (unpaired) electrons. The van der Waals surface area contributed by atoms with Gasteiger partial charge in [0.25, 0.3) is 0 Å². The van der Waals surface area contributed by atoms with Crippen LogP contribution in [0.1, 0.15) is 12.8 Å². The molecular formula is C7H13N5O2S. The molecule has 1 aromatic rings. The Labute approximate surface area is 87.8 Å². The zero-order chi connectivity index (χ0) is 10.9. The predicted molar refractivity (Wildman–Crippen MR) is 56.3 cm³/mol. The topological polar surface area (TPSA) is 104 Å². The molecule has 8 heteroatoms. The fraction of sp³-hybridized carbons (Fsp3) is 0.571. The SMILES string of the molecule is Nc1cn[nH]c1NS(=O)(=O)N1CCCC1. The number of aromatic amines is 1. The quantitative estimate of drug-likeness (QED) is 0.666. The largest absolute Gasteiger partial charge is 0.394 e. The summed E-state index contributed by atoms with van der Waals surface area (Å²) in [7, 11) is -3.47. The van der Waals surface area contributed by atoms with E-state index in [1.807, 2.05) is 0 Å². The van der Waals surface area contributed by atoms with Crippen LogP contribution in [-0.4, -0.2) is 36.0 Å². The standard InChI is InChI=1S/C7H13N5O2S/c8-6-5-9-10-7(6)11-15(13,14)12-3-1-2-4-12/h5H,1-4,8H2,(H2,9,10,11). The highest BCUT2D eigenvalue weighted by Gasteiger charge is 2.25. The van der Waals surface area contributed by atoms with E-state index in [4.69, 9.17) is 5.73 Å². The summed E-state index contributed by atoms with van der Waals surface area (Å²) in [5.74, 6) is 0.224. The van der Waals surface area contributed by atoms with Gasteiger partial charge in [0.05, 0.1) is 11.9 Å². The van der Waals surface area contributed by atoms with Crippen LogP contribution in [0.4, 0.5) is 11.5 Å². The lowest BCUT2D eigenvalue weighted by Gasteiger charge is -2.15. The van der Waals surface area contributed by atoms with Crippen LogP contribution in [-0.2, 0) is 10.2 Å². The van der Waals surface area contributed by atoms with E-state index in [1.165, 1.54) is 10.5 Å². The van der Waals surface area contributed by atoms with Crippen molar-refractivity contribution < 1.29 is 8.42 Å². The molecule has 0 spiro atoms. The Kier molecular flexibility index (Phi) is 2.53. The molecule has 1 aliphatic heterocycles. The van der Waals surface area contributed by atoms with E-state index >= 15 is 0 Å². The molecule has 0 amide bonds. The summed E-state index contributed by atoms with van der Waals surface area (Å²) < 4.78 is 27.3. The van der Waals surface area contributed by atoms with Gasteiger partial charge in [0.2, 0.25) is 0 Å². The van der Waals surface area contributed by atoms with Crippen molar-refractivity contribution in [2.45, 2.75) is 12.8 Å². The molecule has 0 unspecified atom stereocenters. The first-order chi connectivity index (χ1) is 7.09. The first-order valence-electron chi connectivity index (χ1n) is 4.66. The van der Waals surface area contributed by atoms with Gasteiger partial charge in [-0.05, 0) is 12.8 Å². The molecule has 1 aliphatic rings. The number of hydrogen-bond donors (Lipinski definition) is 3. The van der Waals surface area contributed by atoms with Gasteiger partial charge >= 0.3 is 10.2 Å². The van der Waals surface area contributed by atoms with Crippen molar-refractivity contribution in [2.75, 3.05) is 23.5 Å². The van der Waals surface area contributed by atoms with Crippen molar-refractivity contribution in [3.63, 3.8) is 0 Å². The van der Waals surface area contributed by atoms with Crippen molar-refractivity contribution >= 4 is 21.7 Å². The van der Waals surface area contributed by atoms with Crippen molar-refractivity contribution in [1.29, 1.82) is 0 Å². The fourth-order valence-corrected chi connectivity index (χ4v) is 2.79. The third-order valence-electron chi connectivity index (χ3n) is 2.30. The molecule has 0 bridgehead atoms. The average molecular weight is 231 g/mol. The molecule has 7 nitrogen and oxygen atoms in total. The van der Waals surface area contributed by atoms with E-state index in [1.54, 1.807) is 0 Å². The lowest BCUT2D eigenvalue weighted by atomic mass is 10.4. The fourth-order valence-electron chi connectivity index (χ4n) is 1.50. The summed E-state index contributed by atoms with van der Waals surface area (Å²) in [6, 6.07) is 0. The second kappa shape index (κ2) is 3.70. The maximum atomic E-state index is 11.8. The summed E-state index contributed by atoms with van der Waals surface area (Å²) in [5.41, 5.74) is 5.80. The van der Waals surface area contributed by atoms with E-state index in [0.29, 0.717) is 13.1 Å². The number of nitrogens with zero attached hydrogens (tertiary/aromatic N) is 2. The summed E-state index contributed by atoms with van der Waals surface area (Å²) in [5, 5.41) is 6.13. The highest BCUT2D eigenvalue weighted by Crippen LogP contribution is 2.18. The molecule has 1 fully saturated rings. The molecule has 2 rings (SSSR count). The van der Waals surface area contributed by atoms with E-state index in [9.17, 15) is 8.42 Å². The van der Waals surface area contributed by atoms with Crippen LogP contribution < -0.4 is 10.5 Å². The highest BCUT2D eigenvalue weighted by atomic mass is 32.2. The summed E-state index contributed by atoms with van der Waals surface area (Å²) >= 11 is 0. The van der Waals surface area contributed by atoms with Gasteiger partial charge in [0, 0.05) is 13.1 Å². The van der Waals surface area contributed by atoms with Gasteiger partial charge in [0.1, 0.15) is 0 Å². The van der Waals surface area contributed by atoms with Crippen LogP contribution >= 0.6 is 0 Å². The molecule has 4 N–H and O–H groups in total. The Balaban J connectivity index is 2.14. The summed E-state index contributed by atoms with van der Waals surface area (Å²) in [6.07, 6.45) is 3.17. The van der Waals surface area contributed by atoms with E-state index in [-0.39, 0.29) is 11.5 Å². The maximum Gasteiger partial charge on any atom is 0.302 e. The van der Waals surface area contributed by atoms with E-state index in [2.05, 4.69) is 14.9 Å². The van der Waals surface area contributed by atoms with Gasteiger partial charge in [-0.2, -0.15) is 17.8 Å². The van der Waals surface area contributed by atoms with Crippen LogP contribution in [0.2, 0.25) is 0 Å². The van der Waals surface area contributed by atoms with Gasteiger partial charge in [0.15, 0.2) is 5.82 Å². The number of nitrogens with one attached hydrogen (secondary N) is 2. The van der Waals surface area contributed by atoms with E-state index < -0.39 is 10.2 Å². The predicted octanol–water partition coefficient (Wildman–Crippen LogP) is -0.256. The summed E-state index contributed by atoms with van der Waals surface area (Å²) in [6.45, 7) is 1.12. The molecule has 0 saturated carbocycles. The number of aromatic nitrogens is 2. The lowest BCUT2D eigenvalue weighted by molar-refractivity contribution is 0.482. The molecule has 1 saturated heterocycles. The normalized spacial score (nSPS) is 18.1. The minimum absolute atomic E-state index is 0.224. The van der Waals surface area contributed by atoms with Crippen LogP contribution in [0.15, 0.2) is 6.20 Å². The van der Waals surface area contributed by atoms with E-state index in [0.717, 1.165) is 12.8 Å². The minimum Gasteiger partial charge on any atom is -0.394 e. The number of hydrogen-bond acceptors (Lipinski definition) is 4.